The van der Waals surface area contributed by atoms with Gasteiger partial charge >= 0.3 is 0 Å². The van der Waals surface area contributed by atoms with Gasteiger partial charge in [-0.25, -0.2) is 0 Å². The quantitative estimate of drug-likeness (QED) is 0.724. The summed E-state index contributed by atoms with van der Waals surface area (Å²) < 4.78 is 7.33. The molecular formula is C20H22N2O3. The number of ether oxygens (including phenoxy) is 1. The molecule has 3 rings (SSSR count). The number of nitrogens with zero attached hydrogens (tertiary/aromatic N) is 1. The number of aromatic nitrogens is 1. The van der Waals surface area contributed by atoms with Crippen molar-refractivity contribution in [1.29, 1.82) is 0 Å². The summed E-state index contributed by atoms with van der Waals surface area (Å²) in [6.07, 6.45) is 2.34. The summed E-state index contributed by atoms with van der Waals surface area (Å²) in [5, 5.41) is 13.4. The topological polar surface area (TPSA) is 63.5 Å². The fourth-order valence-electron chi connectivity index (χ4n) is 3.08. The zero-order chi connectivity index (χ0) is 17.8. The molecule has 5 nitrogen and oxygen atoms in total. The average molecular weight is 338 g/mol. The number of aliphatic hydroxyl groups excluding tert-OH is 1. The van der Waals surface area contributed by atoms with Gasteiger partial charge in [-0.15, -0.1) is 0 Å². The van der Waals surface area contributed by atoms with Crippen LogP contribution in [0.5, 0.6) is 5.75 Å². The first kappa shape index (κ1) is 17.0. The van der Waals surface area contributed by atoms with Crippen LogP contribution in [0.15, 0.2) is 48.7 Å². The Morgan fingerprint density at radius 1 is 1.20 bits per heavy atom. The van der Waals surface area contributed by atoms with Gasteiger partial charge in [-0.2, -0.15) is 0 Å². The van der Waals surface area contributed by atoms with E-state index in [0.29, 0.717) is 23.4 Å². The highest BCUT2D eigenvalue weighted by Crippen LogP contribution is 2.24. The number of carbonyl (C=O) groups excluding carboxylic acids is 1. The second-order valence-corrected chi connectivity index (χ2v) is 5.87. The molecule has 130 valence electrons. The number of carbonyl (C=O) groups is 1. The van der Waals surface area contributed by atoms with Crippen molar-refractivity contribution >= 4 is 22.5 Å². The third-order valence-electron chi connectivity index (χ3n) is 4.30. The molecule has 0 radical (unpaired) electrons. The number of para-hydroxylation sites is 1. The van der Waals surface area contributed by atoms with Crippen LogP contribution in [0.2, 0.25) is 0 Å². The number of anilines is 1. The number of amides is 1. The number of aliphatic hydroxyl groups is 1. The van der Waals surface area contributed by atoms with E-state index in [1.807, 2.05) is 24.4 Å². The Morgan fingerprint density at radius 3 is 2.72 bits per heavy atom. The number of hydrogen-bond donors (Lipinski definition) is 2. The van der Waals surface area contributed by atoms with Crippen molar-refractivity contribution in [3.63, 3.8) is 0 Å². The number of benzene rings is 2. The Bertz CT molecular complexity index is 899. The third kappa shape index (κ3) is 3.51. The molecule has 0 aliphatic carbocycles. The predicted octanol–water partition coefficient (Wildman–Crippen LogP) is 3.34. The molecule has 0 bridgehead atoms. The molecule has 0 spiro atoms. The summed E-state index contributed by atoms with van der Waals surface area (Å²) in [7, 11) is 1.55. The van der Waals surface area contributed by atoms with Gasteiger partial charge in [0.15, 0.2) is 0 Å². The maximum absolute atomic E-state index is 12.5. The smallest absolute Gasteiger partial charge is 0.228 e. The standard InChI is InChI=1S/C20H22N2O3/c1-3-22-12-14(17-6-4-5-7-18(17)22)11-20(24)21-16-8-9-19(25-2)15(10-16)13-23/h4-10,12,23H,3,11,13H2,1-2H3,(H,21,24). The van der Waals surface area contributed by atoms with Gasteiger partial charge < -0.3 is 19.7 Å². The first-order valence-electron chi connectivity index (χ1n) is 8.30. The number of aryl methyl sites for hydroxylation is 1. The van der Waals surface area contributed by atoms with Gasteiger partial charge in [0.1, 0.15) is 5.75 Å². The van der Waals surface area contributed by atoms with Crippen LogP contribution in [0.4, 0.5) is 5.69 Å². The number of fused-ring (bicyclic) bond motifs is 1. The molecule has 0 saturated carbocycles. The van der Waals surface area contributed by atoms with Crippen molar-refractivity contribution in [2.45, 2.75) is 26.5 Å². The van der Waals surface area contributed by atoms with Crippen LogP contribution in [-0.2, 0) is 24.4 Å². The Morgan fingerprint density at radius 2 is 2.00 bits per heavy atom. The van der Waals surface area contributed by atoms with Crippen molar-refractivity contribution in [3.05, 3.63) is 59.8 Å². The predicted molar refractivity (Wildman–Crippen MR) is 98.9 cm³/mol. The minimum Gasteiger partial charge on any atom is -0.496 e. The van der Waals surface area contributed by atoms with Gasteiger partial charge in [0.25, 0.3) is 0 Å². The third-order valence-corrected chi connectivity index (χ3v) is 4.30. The van der Waals surface area contributed by atoms with Crippen LogP contribution in [0.3, 0.4) is 0 Å². The summed E-state index contributed by atoms with van der Waals surface area (Å²) in [6.45, 7) is 2.81. The molecular weight excluding hydrogens is 316 g/mol. The van der Waals surface area contributed by atoms with E-state index in [0.717, 1.165) is 23.0 Å². The molecule has 1 amide bonds. The second-order valence-electron chi connectivity index (χ2n) is 5.87. The normalized spacial score (nSPS) is 10.8. The highest BCUT2D eigenvalue weighted by molar-refractivity contribution is 5.96. The minimum absolute atomic E-state index is 0.0898. The van der Waals surface area contributed by atoms with Crippen LogP contribution < -0.4 is 10.1 Å². The monoisotopic (exact) mass is 338 g/mol. The molecule has 1 aromatic heterocycles. The zero-order valence-corrected chi connectivity index (χ0v) is 14.5. The molecule has 3 aromatic rings. The zero-order valence-electron chi connectivity index (χ0n) is 14.5. The number of rotatable bonds is 6. The summed E-state index contributed by atoms with van der Waals surface area (Å²) >= 11 is 0. The SMILES string of the molecule is CCn1cc(CC(=O)Nc2ccc(OC)c(CO)c2)c2ccccc21. The molecule has 0 aliphatic heterocycles. The first-order chi connectivity index (χ1) is 12.2. The van der Waals surface area contributed by atoms with E-state index in [9.17, 15) is 9.90 Å². The van der Waals surface area contributed by atoms with Gasteiger partial charge in [-0.05, 0) is 36.8 Å². The van der Waals surface area contributed by atoms with E-state index >= 15 is 0 Å². The number of methoxy groups -OCH3 is 1. The first-order valence-corrected chi connectivity index (χ1v) is 8.30. The molecule has 0 fully saturated rings. The lowest BCUT2D eigenvalue weighted by Crippen LogP contribution is -2.14. The van der Waals surface area contributed by atoms with Gasteiger partial charge in [0, 0.05) is 34.9 Å². The molecule has 2 aromatic carbocycles. The van der Waals surface area contributed by atoms with Crippen molar-refractivity contribution in [2.75, 3.05) is 12.4 Å². The molecule has 25 heavy (non-hydrogen) atoms. The Balaban J connectivity index is 1.79. The maximum Gasteiger partial charge on any atom is 0.228 e. The minimum atomic E-state index is -0.142. The van der Waals surface area contributed by atoms with Gasteiger partial charge in [-0.1, -0.05) is 18.2 Å². The van der Waals surface area contributed by atoms with E-state index in [4.69, 9.17) is 4.74 Å². The van der Waals surface area contributed by atoms with Crippen LogP contribution in [0, 0.1) is 0 Å². The Labute approximate surface area is 146 Å². The van der Waals surface area contributed by atoms with Crippen LogP contribution in [0.25, 0.3) is 10.9 Å². The molecule has 0 atom stereocenters. The largest absolute Gasteiger partial charge is 0.496 e. The molecule has 1 heterocycles. The lowest BCUT2D eigenvalue weighted by Gasteiger charge is -2.10. The van der Waals surface area contributed by atoms with Crippen molar-refractivity contribution in [1.82, 2.24) is 4.57 Å². The van der Waals surface area contributed by atoms with E-state index in [2.05, 4.69) is 22.9 Å². The summed E-state index contributed by atoms with van der Waals surface area (Å²) in [5.41, 5.74) is 3.43. The van der Waals surface area contributed by atoms with E-state index in [-0.39, 0.29) is 12.5 Å². The molecule has 0 saturated heterocycles. The van der Waals surface area contributed by atoms with Crippen molar-refractivity contribution in [2.24, 2.45) is 0 Å². The number of hydrogen-bond acceptors (Lipinski definition) is 3. The lowest BCUT2D eigenvalue weighted by atomic mass is 10.1. The molecule has 0 aliphatic rings. The van der Waals surface area contributed by atoms with Crippen LogP contribution >= 0.6 is 0 Å². The van der Waals surface area contributed by atoms with E-state index in [1.165, 1.54) is 0 Å². The summed E-state index contributed by atoms with van der Waals surface area (Å²) in [6, 6.07) is 13.3. The van der Waals surface area contributed by atoms with Gasteiger partial charge in [-0.3, -0.25) is 4.79 Å². The lowest BCUT2D eigenvalue weighted by molar-refractivity contribution is -0.115. The van der Waals surface area contributed by atoms with Gasteiger partial charge in [0.05, 0.1) is 20.1 Å². The van der Waals surface area contributed by atoms with E-state index < -0.39 is 0 Å². The average Bonchev–Trinajstić information content (AvgIpc) is 2.99. The Kier molecular flexibility index (Phi) is 5.05. The highest BCUT2D eigenvalue weighted by Gasteiger charge is 2.12. The fraction of sp³-hybridized carbons (Fsp3) is 0.250. The summed E-state index contributed by atoms with van der Waals surface area (Å²) in [4.78, 5) is 12.5. The molecule has 5 heteroatoms. The fourth-order valence-corrected chi connectivity index (χ4v) is 3.08. The van der Waals surface area contributed by atoms with Crippen LogP contribution in [0.1, 0.15) is 18.1 Å². The second kappa shape index (κ2) is 7.40. The van der Waals surface area contributed by atoms with Crippen LogP contribution in [-0.4, -0.2) is 22.7 Å². The maximum atomic E-state index is 12.5. The molecule has 0 unspecified atom stereocenters. The van der Waals surface area contributed by atoms with Crippen molar-refractivity contribution < 1.29 is 14.6 Å². The highest BCUT2D eigenvalue weighted by atomic mass is 16.5. The van der Waals surface area contributed by atoms with Gasteiger partial charge in [0.2, 0.25) is 5.91 Å². The summed E-state index contributed by atoms with van der Waals surface area (Å²) in [5.74, 6) is 0.513. The molecule has 2 N–H and O–H groups in total. The van der Waals surface area contributed by atoms with Crippen molar-refractivity contribution in [3.8, 4) is 5.75 Å². The number of nitrogens with one attached hydrogen (secondary N) is 1. The Hall–Kier alpha value is -2.79. The van der Waals surface area contributed by atoms with E-state index in [1.54, 1.807) is 25.3 Å².